The molecule has 1 aromatic carbocycles. The van der Waals surface area contributed by atoms with E-state index in [1.807, 2.05) is 26.0 Å². The standard InChI is InChI=1S/C17H25NO3/c1-13(19)14-7-8-15(16(11-14)20-4)21-10-6-5-9-17(2,3)12-18/h7-8,11,13,19H,5-6,9-10H2,1-4H3. The van der Waals surface area contributed by atoms with Crippen LogP contribution in [0.2, 0.25) is 0 Å². The predicted molar refractivity (Wildman–Crippen MR) is 82.4 cm³/mol. The molecule has 1 aromatic rings. The number of aliphatic hydroxyl groups excluding tert-OH is 1. The molecule has 0 fully saturated rings. The molecule has 0 radical (unpaired) electrons. The molecule has 0 aliphatic heterocycles. The molecule has 0 spiro atoms. The zero-order valence-corrected chi connectivity index (χ0v) is 13.3. The summed E-state index contributed by atoms with van der Waals surface area (Å²) in [5.74, 6) is 1.31. The third-order valence-corrected chi connectivity index (χ3v) is 3.43. The van der Waals surface area contributed by atoms with Crippen LogP contribution >= 0.6 is 0 Å². The Morgan fingerprint density at radius 2 is 2.00 bits per heavy atom. The Morgan fingerprint density at radius 3 is 2.57 bits per heavy atom. The summed E-state index contributed by atoms with van der Waals surface area (Å²) in [6.45, 7) is 6.20. The molecule has 0 saturated heterocycles. The number of hydrogen-bond acceptors (Lipinski definition) is 4. The molecular weight excluding hydrogens is 266 g/mol. The van der Waals surface area contributed by atoms with Crippen molar-refractivity contribution in [3.8, 4) is 17.6 Å². The molecule has 1 rings (SSSR count). The lowest BCUT2D eigenvalue weighted by Gasteiger charge is -2.15. The van der Waals surface area contributed by atoms with Gasteiger partial charge in [-0.3, -0.25) is 0 Å². The van der Waals surface area contributed by atoms with Gasteiger partial charge in [0.2, 0.25) is 0 Å². The van der Waals surface area contributed by atoms with Crippen molar-refractivity contribution >= 4 is 0 Å². The fourth-order valence-corrected chi connectivity index (χ4v) is 1.97. The minimum atomic E-state index is -0.527. The SMILES string of the molecule is COc1cc(C(C)O)ccc1OCCCCC(C)(C)C#N. The first-order chi connectivity index (χ1) is 9.89. The van der Waals surface area contributed by atoms with Gasteiger partial charge in [-0.1, -0.05) is 6.07 Å². The lowest BCUT2D eigenvalue weighted by molar-refractivity contribution is 0.198. The van der Waals surface area contributed by atoms with Gasteiger partial charge in [0.15, 0.2) is 11.5 Å². The molecule has 4 nitrogen and oxygen atoms in total. The maximum absolute atomic E-state index is 9.56. The Kier molecular flexibility index (Phi) is 6.51. The second kappa shape index (κ2) is 7.90. The first kappa shape index (κ1) is 17.3. The maximum atomic E-state index is 9.56. The summed E-state index contributed by atoms with van der Waals surface area (Å²) in [6.07, 6.45) is 2.19. The number of rotatable bonds is 8. The van der Waals surface area contributed by atoms with Gasteiger partial charge in [-0.15, -0.1) is 0 Å². The van der Waals surface area contributed by atoms with Gasteiger partial charge in [0.1, 0.15) is 0 Å². The second-order valence-corrected chi connectivity index (χ2v) is 5.89. The van der Waals surface area contributed by atoms with Gasteiger partial charge in [0.05, 0.1) is 31.3 Å². The van der Waals surface area contributed by atoms with Gasteiger partial charge in [-0.25, -0.2) is 0 Å². The van der Waals surface area contributed by atoms with E-state index < -0.39 is 6.10 Å². The summed E-state index contributed by atoms with van der Waals surface area (Å²) in [6, 6.07) is 7.75. The van der Waals surface area contributed by atoms with Crippen molar-refractivity contribution in [2.75, 3.05) is 13.7 Å². The molecule has 4 heteroatoms. The average molecular weight is 291 g/mol. The molecule has 0 aliphatic carbocycles. The highest BCUT2D eigenvalue weighted by Gasteiger charge is 2.15. The number of methoxy groups -OCH3 is 1. The normalized spacial score (nSPS) is 12.6. The molecule has 0 amide bonds. The van der Waals surface area contributed by atoms with Crippen LogP contribution in [0.3, 0.4) is 0 Å². The quantitative estimate of drug-likeness (QED) is 0.739. The highest BCUT2D eigenvalue weighted by molar-refractivity contribution is 5.43. The minimum absolute atomic E-state index is 0.267. The highest BCUT2D eigenvalue weighted by atomic mass is 16.5. The molecule has 0 aromatic heterocycles. The maximum Gasteiger partial charge on any atom is 0.161 e. The Bertz CT molecular complexity index is 489. The smallest absolute Gasteiger partial charge is 0.161 e. The third-order valence-electron chi connectivity index (χ3n) is 3.43. The van der Waals surface area contributed by atoms with Crippen molar-refractivity contribution in [2.45, 2.75) is 46.1 Å². The van der Waals surface area contributed by atoms with E-state index in [9.17, 15) is 5.11 Å². The highest BCUT2D eigenvalue weighted by Crippen LogP contribution is 2.30. The number of aliphatic hydroxyl groups is 1. The van der Waals surface area contributed by atoms with E-state index in [1.54, 1.807) is 20.1 Å². The first-order valence-electron chi connectivity index (χ1n) is 7.29. The number of hydrogen-bond donors (Lipinski definition) is 1. The van der Waals surface area contributed by atoms with Crippen molar-refractivity contribution < 1.29 is 14.6 Å². The number of ether oxygens (including phenoxy) is 2. The third kappa shape index (κ3) is 5.65. The van der Waals surface area contributed by atoms with E-state index in [2.05, 4.69) is 6.07 Å². The largest absolute Gasteiger partial charge is 0.493 e. The Labute approximate surface area is 127 Å². The van der Waals surface area contributed by atoms with Crippen LogP contribution in [-0.4, -0.2) is 18.8 Å². The molecular formula is C17H25NO3. The zero-order chi connectivity index (χ0) is 15.9. The Balaban J connectivity index is 2.47. The Morgan fingerprint density at radius 1 is 1.29 bits per heavy atom. The summed E-state index contributed by atoms with van der Waals surface area (Å²) in [7, 11) is 1.59. The number of benzene rings is 1. The van der Waals surface area contributed by atoms with Crippen LogP contribution in [0.5, 0.6) is 11.5 Å². The molecule has 0 saturated carbocycles. The first-order valence-corrected chi connectivity index (χ1v) is 7.29. The van der Waals surface area contributed by atoms with E-state index >= 15 is 0 Å². The zero-order valence-electron chi connectivity index (χ0n) is 13.3. The van der Waals surface area contributed by atoms with E-state index in [0.717, 1.165) is 24.8 Å². The van der Waals surface area contributed by atoms with E-state index in [0.29, 0.717) is 18.1 Å². The molecule has 0 heterocycles. The molecule has 1 N–H and O–H groups in total. The number of nitrogens with zero attached hydrogens (tertiary/aromatic N) is 1. The molecule has 0 bridgehead atoms. The van der Waals surface area contributed by atoms with E-state index in [4.69, 9.17) is 14.7 Å². The fraction of sp³-hybridized carbons (Fsp3) is 0.588. The van der Waals surface area contributed by atoms with Crippen LogP contribution < -0.4 is 9.47 Å². The second-order valence-electron chi connectivity index (χ2n) is 5.89. The summed E-state index contributed by atoms with van der Waals surface area (Å²) in [5, 5.41) is 18.5. The number of unbranched alkanes of at least 4 members (excludes halogenated alkanes) is 1. The summed E-state index contributed by atoms with van der Waals surface area (Å²) in [4.78, 5) is 0. The van der Waals surface area contributed by atoms with Crippen molar-refractivity contribution in [1.82, 2.24) is 0 Å². The van der Waals surface area contributed by atoms with Gasteiger partial charge in [0, 0.05) is 0 Å². The monoisotopic (exact) mass is 291 g/mol. The molecule has 116 valence electrons. The van der Waals surface area contributed by atoms with Crippen LogP contribution in [-0.2, 0) is 0 Å². The molecule has 21 heavy (non-hydrogen) atoms. The van der Waals surface area contributed by atoms with E-state index in [-0.39, 0.29) is 5.41 Å². The molecule has 1 atom stereocenters. The average Bonchev–Trinajstić information content (AvgIpc) is 2.46. The fourth-order valence-electron chi connectivity index (χ4n) is 1.97. The van der Waals surface area contributed by atoms with Crippen molar-refractivity contribution in [3.05, 3.63) is 23.8 Å². The lowest BCUT2D eigenvalue weighted by atomic mass is 9.89. The van der Waals surface area contributed by atoms with Gasteiger partial charge in [-0.05, 0) is 57.7 Å². The van der Waals surface area contributed by atoms with Crippen LogP contribution in [0.25, 0.3) is 0 Å². The topological polar surface area (TPSA) is 62.5 Å². The van der Waals surface area contributed by atoms with E-state index in [1.165, 1.54) is 0 Å². The van der Waals surface area contributed by atoms with Gasteiger partial charge in [0.25, 0.3) is 0 Å². The Hall–Kier alpha value is -1.73. The number of nitriles is 1. The molecule has 1 unspecified atom stereocenters. The molecule has 0 aliphatic rings. The van der Waals surface area contributed by atoms with Crippen molar-refractivity contribution in [1.29, 1.82) is 5.26 Å². The van der Waals surface area contributed by atoms with Gasteiger partial charge in [-0.2, -0.15) is 5.26 Å². The van der Waals surface area contributed by atoms with Crippen LogP contribution in [0.1, 0.15) is 51.7 Å². The van der Waals surface area contributed by atoms with Crippen LogP contribution in [0, 0.1) is 16.7 Å². The predicted octanol–water partition coefficient (Wildman–Crippen LogP) is 3.85. The lowest BCUT2D eigenvalue weighted by Crippen LogP contribution is -2.08. The van der Waals surface area contributed by atoms with Crippen LogP contribution in [0.15, 0.2) is 18.2 Å². The minimum Gasteiger partial charge on any atom is -0.493 e. The summed E-state index contributed by atoms with van der Waals surface area (Å²) in [5.41, 5.74) is 0.534. The van der Waals surface area contributed by atoms with Crippen molar-refractivity contribution in [3.63, 3.8) is 0 Å². The van der Waals surface area contributed by atoms with Crippen molar-refractivity contribution in [2.24, 2.45) is 5.41 Å². The van der Waals surface area contributed by atoms with Gasteiger partial charge < -0.3 is 14.6 Å². The summed E-state index contributed by atoms with van der Waals surface area (Å²) < 4.78 is 11.0. The van der Waals surface area contributed by atoms with Crippen LogP contribution in [0.4, 0.5) is 0 Å². The summed E-state index contributed by atoms with van der Waals surface area (Å²) >= 11 is 0. The van der Waals surface area contributed by atoms with Gasteiger partial charge >= 0.3 is 0 Å².